The summed E-state index contributed by atoms with van der Waals surface area (Å²) in [4.78, 5) is 18.6. The second-order valence-electron chi connectivity index (χ2n) is 9.62. The smallest absolute Gasteiger partial charge is 0.255 e. The maximum absolute atomic E-state index is 13.8. The first-order valence-electron chi connectivity index (χ1n) is 13.2. The van der Waals surface area contributed by atoms with E-state index in [1.807, 2.05) is 98.2 Å². The highest BCUT2D eigenvalue weighted by molar-refractivity contribution is 7.99. The molecule has 1 amide bonds. The maximum atomic E-state index is 13.8. The molecule has 0 saturated heterocycles. The molecule has 200 valence electrons. The van der Waals surface area contributed by atoms with Crippen molar-refractivity contribution in [3.05, 3.63) is 106 Å². The minimum Gasteiger partial charge on any atom is -0.489 e. The van der Waals surface area contributed by atoms with Crippen molar-refractivity contribution >= 4 is 29.3 Å². The van der Waals surface area contributed by atoms with Gasteiger partial charge in [-0.25, -0.2) is 4.68 Å². The van der Waals surface area contributed by atoms with Crippen molar-refractivity contribution < 1.29 is 9.53 Å². The molecular formula is C31H33N5O2S. The van der Waals surface area contributed by atoms with Crippen molar-refractivity contribution in [3.63, 3.8) is 0 Å². The Morgan fingerprint density at radius 3 is 2.54 bits per heavy atom. The van der Waals surface area contributed by atoms with E-state index in [9.17, 15) is 4.79 Å². The fourth-order valence-electron chi connectivity index (χ4n) is 4.55. The SMILES string of the molecule is CCCSc1nc2n(n1)C(c1ccc(OCc3ccccc3)cc1)C(C(=O)Nc1cccc(C)c1C)=C(C)N2. The number of carbonyl (C=O) groups excluding carboxylic acids is 1. The van der Waals surface area contributed by atoms with E-state index < -0.39 is 6.04 Å². The molecule has 1 atom stereocenters. The summed E-state index contributed by atoms with van der Waals surface area (Å²) in [6.07, 6.45) is 1.02. The van der Waals surface area contributed by atoms with Gasteiger partial charge in [0.2, 0.25) is 11.1 Å². The molecule has 0 fully saturated rings. The third kappa shape index (κ3) is 5.86. The third-order valence-electron chi connectivity index (χ3n) is 6.81. The van der Waals surface area contributed by atoms with Gasteiger partial charge in [-0.3, -0.25) is 4.79 Å². The van der Waals surface area contributed by atoms with E-state index in [0.29, 0.717) is 23.3 Å². The molecule has 2 heterocycles. The molecule has 5 rings (SSSR count). The molecule has 1 aliphatic rings. The van der Waals surface area contributed by atoms with Crippen LogP contribution in [0.3, 0.4) is 0 Å². The summed E-state index contributed by atoms with van der Waals surface area (Å²) in [6.45, 7) is 8.59. The van der Waals surface area contributed by atoms with Crippen LogP contribution in [0.25, 0.3) is 0 Å². The van der Waals surface area contributed by atoms with Crippen LogP contribution in [0.15, 0.2) is 89.2 Å². The molecular weight excluding hydrogens is 506 g/mol. The van der Waals surface area contributed by atoms with Crippen molar-refractivity contribution in [2.45, 2.75) is 51.9 Å². The van der Waals surface area contributed by atoms with Gasteiger partial charge in [-0.15, -0.1) is 5.10 Å². The fourth-order valence-corrected chi connectivity index (χ4v) is 5.24. The number of allylic oxidation sites excluding steroid dienone is 1. The Hall–Kier alpha value is -4.04. The zero-order valence-corrected chi connectivity index (χ0v) is 23.5. The van der Waals surface area contributed by atoms with Crippen molar-refractivity contribution in [2.24, 2.45) is 0 Å². The topological polar surface area (TPSA) is 81.1 Å². The first kappa shape index (κ1) is 26.6. The summed E-state index contributed by atoms with van der Waals surface area (Å²) in [5.74, 6) is 2.14. The third-order valence-corrected chi connectivity index (χ3v) is 7.85. The standard InChI is InChI=1S/C31H33N5O2S/c1-5-18-39-31-34-30-32-22(4)27(29(37)33-26-13-9-10-20(2)21(26)3)28(36(30)35-31)24-14-16-25(17-15-24)38-19-23-11-7-6-8-12-23/h6-17,28H,5,18-19H2,1-4H3,(H,33,37)(H,32,34,35). The lowest BCUT2D eigenvalue weighted by molar-refractivity contribution is -0.113. The first-order valence-corrected chi connectivity index (χ1v) is 14.1. The Morgan fingerprint density at radius 2 is 1.79 bits per heavy atom. The second kappa shape index (κ2) is 11.8. The van der Waals surface area contributed by atoms with Gasteiger partial charge < -0.3 is 15.4 Å². The maximum Gasteiger partial charge on any atom is 0.255 e. The number of rotatable bonds is 9. The highest BCUT2D eigenvalue weighted by atomic mass is 32.2. The van der Waals surface area contributed by atoms with Crippen LogP contribution in [-0.4, -0.2) is 26.4 Å². The molecule has 3 aromatic carbocycles. The van der Waals surface area contributed by atoms with Gasteiger partial charge in [0.15, 0.2) is 0 Å². The van der Waals surface area contributed by atoms with Crippen molar-refractivity contribution in [1.82, 2.24) is 14.8 Å². The number of nitrogens with zero attached hydrogens (tertiary/aromatic N) is 3. The summed E-state index contributed by atoms with van der Waals surface area (Å²) < 4.78 is 7.83. The van der Waals surface area contributed by atoms with Crippen molar-refractivity contribution in [2.75, 3.05) is 16.4 Å². The van der Waals surface area contributed by atoms with Crippen LogP contribution in [0.5, 0.6) is 5.75 Å². The number of aryl methyl sites for hydroxylation is 1. The van der Waals surface area contributed by atoms with Crippen LogP contribution >= 0.6 is 11.8 Å². The molecule has 4 aromatic rings. The lowest BCUT2D eigenvalue weighted by atomic mass is 9.94. The molecule has 0 bridgehead atoms. The normalized spacial score (nSPS) is 14.5. The van der Waals surface area contributed by atoms with E-state index in [-0.39, 0.29) is 5.91 Å². The van der Waals surface area contributed by atoms with Crippen molar-refractivity contribution in [3.8, 4) is 5.75 Å². The van der Waals surface area contributed by atoms with Crippen LogP contribution in [-0.2, 0) is 11.4 Å². The van der Waals surface area contributed by atoms with Gasteiger partial charge in [-0.2, -0.15) is 4.98 Å². The molecule has 1 unspecified atom stereocenters. The van der Waals surface area contributed by atoms with Gasteiger partial charge in [0, 0.05) is 17.1 Å². The molecule has 1 aromatic heterocycles. The number of fused-ring (bicyclic) bond motifs is 1. The number of aromatic nitrogens is 3. The average molecular weight is 540 g/mol. The van der Waals surface area contributed by atoms with E-state index >= 15 is 0 Å². The van der Waals surface area contributed by atoms with E-state index in [0.717, 1.165) is 51.6 Å². The zero-order valence-electron chi connectivity index (χ0n) is 22.7. The number of ether oxygens (including phenoxy) is 1. The minimum absolute atomic E-state index is 0.174. The minimum atomic E-state index is -0.446. The predicted molar refractivity (Wildman–Crippen MR) is 157 cm³/mol. The van der Waals surface area contributed by atoms with Crippen LogP contribution in [0.4, 0.5) is 11.6 Å². The number of nitrogens with one attached hydrogen (secondary N) is 2. The summed E-state index contributed by atoms with van der Waals surface area (Å²) in [5.41, 5.74) is 6.34. The molecule has 0 aliphatic carbocycles. The molecule has 0 saturated carbocycles. The fraction of sp³-hybridized carbons (Fsp3) is 0.258. The van der Waals surface area contributed by atoms with E-state index in [1.165, 1.54) is 0 Å². The summed E-state index contributed by atoms with van der Waals surface area (Å²) in [6, 6.07) is 23.4. The van der Waals surface area contributed by atoms with E-state index in [4.69, 9.17) is 14.8 Å². The van der Waals surface area contributed by atoms with Gasteiger partial charge in [0.25, 0.3) is 5.91 Å². The Bertz CT molecular complexity index is 1500. The van der Waals surface area contributed by atoms with Crippen molar-refractivity contribution in [1.29, 1.82) is 0 Å². The highest BCUT2D eigenvalue weighted by Gasteiger charge is 2.34. The number of anilines is 2. The van der Waals surface area contributed by atoms with Gasteiger partial charge in [0.05, 0.1) is 5.57 Å². The summed E-state index contributed by atoms with van der Waals surface area (Å²) in [5, 5.41) is 12.0. The second-order valence-corrected chi connectivity index (χ2v) is 10.7. The number of amides is 1. The number of benzene rings is 3. The Balaban J connectivity index is 1.47. The van der Waals surface area contributed by atoms with E-state index in [2.05, 4.69) is 17.6 Å². The number of carbonyl (C=O) groups is 1. The lowest BCUT2D eigenvalue weighted by Gasteiger charge is -2.29. The Labute approximate surface area is 233 Å². The van der Waals surface area contributed by atoms with Gasteiger partial charge in [-0.1, -0.05) is 73.3 Å². The van der Waals surface area contributed by atoms with Crippen LogP contribution in [0.1, 0.15) is 48.6 Å². The lowest BCUT2D eigenvalue weighted by Crippen LogP contribution is -2.31. The Kier molecular flexibility index (Phi) is 8.02. The van der Waals surface area contributed by atoms with Gasteiger partial charge in [0.1, 0.15) is 18.4 Å². The quantitative estimate of drug-likeness (QED) is 0.225. The van der Waals surface area contributed by atoms with E-state index in [1.54, 1.807) is 11.8 Å². The molecule has 2 N–H and O–H groups in total. The Morgan fingerprint density at radius 1 is 1.03 bits per heavy atom. The number of hydrogen-bond donors (Lipinski definition) is 2. The predicted octanol–water partition coefficient (Wildman–Crippen LogP) is 6.90. The molecule has 39 heavy (non-hydrogen) atoms. The van der Waals surface area contributed by atoms with Crippen LogP contribution < -0.4 is 15.4 Å². The zero-order chi connectivity index (χ0) is 27.4. The first-order chi connectivity index (χ1) is 18.9. The molecule has 1 aliphatic heterocycles. The number of hydrogen-bond acceptors (Lipinski definition) is 6. The van der Waals surface area contributed by atoms with Crippen LogP contribution in [0, 0.1) is 13.8 Å². The molecule has 0 radical (unpaired) electrons. The van der Waals surface area contributed by atoms with Gasteiger partial charge >= 0.3 is 0 Å². The molecule has 7 nitrogen and oxygen atoms in total. The molecule has 0 spiro atoms. The summed E-state index contributed by atoms with van der Waals surface area (Å²) >= 11 is 1.61. The molecule has 8 heteroatoms. The number of thioether (sulfide) groups is 1. The average Bonchev–Trinajstić information content (AvgIpc) is 3.35. The largest absolute Gasteiger partial charge is 0.489 e. The van der Waals surface area contributed by atoms with Crippen LogP contribution in [0.2, 0.25) is 0 Å². The van der Waals surface area contributed by atoms with Gasteiger partial charge in [-0.05, 0) is 67.6 Å². The summed E-state index contributed by atoms with van der Waals surface area (Å²) in [7, 11) is 0. The monoisotopic (exact) mass is 539 g/mol. The highest BCUT2D eigenvalue weighted by Crippen LogP contribution is 2.37.